The molecule has 1 aromatic rings. The fourth-order valence-corrected chi connectivity index (χ4v) is 4.49. The largest absolute Gasteiger partial charge is 0.497 e. The van der Waals surface area contributed by atoms with Gasteiger partial charge in [0.05, 0.1) is 19.8 Å². The summed E-state index contributed by atoms with van der Waals surface area (Å²) in [6, 6.07) is 8.18. The zero-order chi connectivity index (χ0) is 15.5. The van der Waals surface area contributed by atoms with Crippen LogP contribution in [0.1, 0.15) is 19.3 Å². The maximum Gasteiger partial charge on any atom is 0.337 e. The number of allylic oxidation sites excluding steroid dienone is 2. The third-order valence-corrected chi connectivity index (χ3v) is 5.68. The molecule has 0 N–H and O–H groups in total. The molecule has 2 aliphatic carbocycles. The highest BCUT2D eigenvalue weighted by atomic mass is 32.2. The van der Waals surface area contributed by atoms with Crippen molar-refractivity contribution in [1.82, 2.24) is 0 Å². The Balaban J connectivity index is 1.77. The van der Waals surface area contributed by atoms with Crippen LogP contribution >= 0.6 is 11.8 Å². The molecule has 3 nitrogen and oxygen atoms in total. The van der Waals surface area contributed by atoms with Crippen LogP contribution in [0.15, 0.2) is 52.5 Å². The number of benzene rings is 1. The lowest BCUT2D eigenvalue weighted by molar-refractivity contribution is -0.135. The van der Waals surface area contributed by atoms with Crippen molar-refractivity contribution in [3.63, 3.8) is 0 Å². The molecule has 0 saturated heterocycles. The number of hydrogen-bond donors (Lipinski definition) is 0. The van der Waals surface area contributed by atoms with Crippen molar-refractivity contribution >= 4 is 17.7 Å². The number of esters is 1. The fourth-order valence-electron chi connectivity index (χ4n) is 3.21. The van der Waals surface area contributed by atoms with Crippen molar-refractivity contribution in [2.24, 2.45) is 5.92 Å². The predicted octanol–water partition coefficient (Wildman–Crippen LogP) is 4.00. The molecule has 0 saturated carbocycles. The van der Waals surface area contributed by atoms with Crippen molar-refractivity contribution in [2.75, 3.05) is 14.2 Å². The smallest absolute Gasteiger partial charge is 0.337 e. The van der Waals surface area contributed by atoms with Crippen LogP contribution in [-0.2, 0) is 9.53 Å². The second kappa shape index (κ2) is 6.61. The van der Waals surface area contributed by atoms with Crippen LogP contribution in [0, 0.1) is 5.92 Å². The Bertz CT molecular complexity index is 616. The Kier molecular flexibility index (Phi) is 4.57. The molecule has 0 bridgehead atoms. The van der Waals surface area contributed by atoms with Gasteiger partial charge in [-0.15, -0.1) is 11.8 Å². The zero-order valence-corrected chi connectivity index (χ0v) is 13.7. The molecule has 0 aromatic heterocycles. The minimum atomic E-state index is -0.203. The fraction of sp³-hybridized carbons (Fsp3) is 0.389. The van der Waals surface area contributed by atoms with Gasteiger partial charge in [-0.05, 0) is 55.0 Å². The average Bonchev–Trinajstić information content (AvgIpc) is 3.05. The van der Waals surface area contributed by atoms with Crippen LogP contribution in [0.2, 0.25) is 0 Å². The zero-order valence-electron chi connectivity index (χ0n) is 12.9. The SMILES string of the molecule is COC(=O)C1=CCC(Sc2ccc(OC)cc2)[C@@H]2CCC=C12. The van der Waals surface area contributed by atoms with E-state index in [9.17, 15) is 4.79 Å². The van der Waals surface area contributed by atoms with Gasteiger partial charge >= 0.3 is 5.97 Å². The summed E-state index contributed by atoms with van der Waals surface area (Å²) in [6.45, 7) is 0. The summed E-state index contributed by atoms with van der Waals surface area (Å²) in [5.41, 5.74) is 1.96. The molecule has 3 rings (SSSR count). The van der Waals surface area contributed by atoms with Gasteiger partial charge in [0.25, 0.3) is 0 Å². The van der Waals surface area contributed by atoms with Crippen LogP contribution < -0.4 is 4.74 Å². The predicted molar refractivity (Wildman–Crippen MR) is 88.2 cm³/mol. The Hall–Kier alpha value is -1.68. The lowest BCUT2D eigenvalue weighted by Gasteiger charge is -2.29. The number of fused-ring (bicyclic) bond motifs is 1. The lowest BCUT2D eigenvalue weighted by atomic mass is 9.85. The van der Waals surface area contributed by atoms with E-state index in [-0.39, 0.29) is 5.97 Å². The third kappa shape index (κ3) is 2.93. The molecular weight excluding hydrogens is 296 g/mol. The van der Waals surface area contributed by atoms with E-state index in [0.717, 1.165) is 30.6 Å². The number of carbonyl (C=O) groups excluding carboxylic acids is 1. The van der Waals surface area contributed by atoms with E-state index >= 15 is 0 Å². The number of thioether (sulfide) groups is 1. The summed E-state index contributed by atoms with van der Waals surface area (Å²) in [6.07, 6.45) is 7.32. The summed E-state index contributed by atoms with van der Waals surface area (Å²) in [4.78, 5) is 13.1. The molecular formula is C18H20O3S. The minimum Gasteiger partial charge on any atom is -0.497 e. The quantitative estimate of drug-likeness (QED) is 0.787. The van der Waals surface area contributed by atoms with Crippen LogP contribution in [0.3, 0.4) is 0 Å². The Morgan fingerprint density at radius 2 is 1.95 bits per heavy atom. The van der Waals surface area contributed by atoms with Crippen LogP contribution in [0.4, 0.5) is 0 Å². The molecule has 2 atom stereocenters. The van der Waals surface area contributed by atoms with E-state index in [1.54, 1.807) is 7.11 Å². The molecule has 4 heteroatoms. The van der Waals surface area contributed by atoms with E-state index in [1.807, 2.05) is 30.0 Å². The molecule has 0 amide bonds. The van der Waals surface area contributed by atoms with Crippen molar-refractivity contribution in [3.05, 3.63) is 47.6 Å². The third-order valence-electron chi connectivity index (χ3n) is 4.31. The highest BCUT2D eigenvalue weighted by Gasteiger charge is 2.35. The number of hydrogen-bond acceptors (Lipinski definition) is 4. The van der Waals surface area contributed by atoms with Gasteiger partial charge in [0.2, 0.25) is 0 Å². The first-order valence-electron chi connectivity index (χ1n) is 7.52. The average molecular weight is 316 g/mol. The van der Waals surface area contributed by atoms with Gasteiger partial charge in [-0.25, -0.2) is 4.79 Å². The van der Waals surface area contributed by atoms with Crippen LogP contribution in [0.25, 0.3) is 0 Å². The lowest BCUT2D eigenvalue weighted by Crippen LogP contribution is -2.24. The number of rotatable bonds is 4. The first-order valence-corrected chi connectivity index (χ1v) is 8.40. The molecule has 1 unspecified atom stereocenters. The molecule has 0 radical (unpaired) electrons. The van der Waals surface area contributed by atoms with Crippen LogP contribution in [0.5, 0.6) is 5.75 Å². The normalized spacial score (nSPS) is 23.4. The van der Waals surface area contributed by atoms with E-state index in [0.29, 0.717) is 11.2 Å². The van der Waals surface area contributed by atoms with Crippen molar-refractivity contribution in [3.8, 4) is 5.75 Å². The maximum atomic E-state index is 11.9. The highest BCUT2D eigenvalue weighted by molar-refractivity contribution is 8.00. The number of carbonyl (C=O) groups is 1. The van der Waals surface area contributed by atoms with Crippen molar-refractivity contribution < 1.29 is 14.3 Å². The van der Waals surface area contributed by atoms with Gasteiger partial charge in [0.15, 0.2) is 0 Å². The second-order valence-corrected chi connectivity index (χ2v) is 6.83. The Morgan fingerprint density at radius 3 is 2.64 bits per heavy atom. The number of methoxy groups -OCH3 is 2. The Labute approximate surface area is 135 Å². The molecule has 0 aliphatic heterocycles. The molecule has 0 heterocycles. The van der Waals surface area contributed by atoms with Gasteiger partial charge in [-0.1, -0.05) is 12.2 Å². The molecule has 1 aromatic carbocycles. The monoisotopic (exact) mass is 316 g/mol. The summed E-state index contributed by atoms with van der Waals surface area (Å²) in [5.74, 6) is 1.12. The van der Waals surface area contributed by atoms with Gasteiger partial charge in [0, 0.05) is 10.1 Å². The minimum absolute atomic E-state index is 0.203. The topological polar surface area (TPSA) is 35.5 Å². The van der Waals surface area contributed by atoms with Crippen molar-refractivity contribution in [1.29, 1.82) is 0 Å². The van der Waals surface area contributed by atoms with E-state index in [2.05, 4.69) is 18.2 Å². The maximum absolute atomic E-state index is 11.9. The van der Waals surface area contributed by atoms with Gasteiger partial charge in [-0.2, -0.15) is 0 Å². The summed E-state index contributed by atoms with van der Waals surface area (Å²) in [7, 11) is 3.13. The second-order valence-electron chi connectivity index (χ2n) is 5.52. The van der Waals surface area contributed by atoms with Crippen LogP contribution in [-0.4, -0.2) is 25.4 Å². The first kappa shape index (κ1) is 15.2. The van der Waals surface area contributed by atoms with E-state index in [1.165, 1.54) is 17.6 Å². The van der Waals surface area contributed by atoms with E-state index in [4.69, 9.17) is 9.47 Å². The summed E-state index contributed by atoms with van der Waals surface area (Å²) in [5, 5.41) is 0.482. The highest BCUT2D eigenvalue weighted by Crippen LogP contribution is 2.45. The first-order chi connectivity index (χ1) is 10.7. The number of ether oxygens (including phenoxy) is 2. The van der Waals surface area contributed by atoms with Gasteiger partial charge < -0.3 is 9.47 Å². The molecule has 22 heavy (non-hydrogen) atoms. The molecule has 0 spiro atoms. The molecule has 2 aliphatic rings. The van der Waals surface area contributed by atoms with Gasteiger partial charge in [0.1, 0.15) is 5.75 Å². The standard InChI is InChI=1S/C18H20O3S/c1-20-12-6-8-13(9-7-12)22-17-11-10-16(18(19)21-2)14-4-3-5-15(14)17/h4,6-10,15,17H,3,5,11H2,1-2H3/t15-,17?/m1/s1. The van der Waals surface area contributed by atoms with E-state index < -0.39 is 0 Å². The summed E-state index contributed by atoms with van der Waals surface area (Å²) >= 11 is 1.89. The molecule has 116 valence electrons. The summed E-state index contributed by atoms with van der Waals surface area (Å²) < 4.78 is 10.1. The Morgan fingerprint density at radius 1 is 1.18 bits per heavy atom. The van der Waals surface area contributed by atoms with Gasteiger partial charge in [-0.3, -0.25) is 0 Å². The molecule has 0 fully saturated rings. The van der Waals surface area contributed by atoms with Crippen molar-refractivity contribution in [2.45, 2.75) is 29.4 Å².